The quantitative estimate of drug-likeness (QED) is 0.400. The highest BCUT2D eigenvalue weighted by Crippen LogP contribution is 2.31. The van der Waals surface area contributed by atoms with Crippen molar-refractivity contribution < 1.29 is 13.2 Å². The van der Waals surface area contributed by atoms with E-state index in [0.29, 0.717) is 17.1 Å². The van der Waals surface area contributed by atoms with E-state index in [1.807, 2.05) is 55.7 Å². The van der Waals surface area contributed by atoms with Crippen molar-refractivity contribution in [3.05, 3.63) is 52.8 Å². The highest BCUT2D eigenvalue weighted by atomic mass is 32.2. The van der Waals surface area contributed by atoms with Crippen LogP contribution in [0.4, 0.5) is 10.8 Å². The maximum absolute atomic E-state index is 12.9. The molecule has 3 aromatic rings. The first-order chi connectivity index (χ1) is 14.7. The van der Waals surface area contributed by atoms with Crippen LogP contribution in [0.15, 0.2) is 34.7 Å². The summed E-state index contributed by atoms with van der Waals surface area (Å²) in [4.78, 5) is 12.9. The molecule has 1 saturated heterocycles. The van der Waals surface area contributed by atoms with Crippen LogP contribution < -0.4 is 5.32 Å². The molecule has 1 aliphatic heterocycles. The number of anilines is 2. The van der Waals surface area contributed by atoms with Gasteiger partial charge in [-0.25, -0.2) is 8.42 Å². The summed E-state index contributed by atoms with van der Waals surface area (Å²) in [7, 11) is -2.99. The summed E-state index contributed by atoms with van der Waals surface area (Å²) in [5.74, 6) is 0.622. The number of rotatable bonds is 7. The zero-order chi connectivity index (χ0) is 22.2. The van der Waals surface area contributed by atoms with Crippen LogP contribution in [0, 0.1) is 20.8 Å². The molecule has 0 saturated carbocycles. The van der Waals surface area contributed by atoms with Crippen LogP contribution in [0.3, 0.4) is 0 Å². The average Bonchev–Trinajstić information content (AvgIpc) is 3.39. The van der Waals surface area contributed by atoms with Crippen LogP contribution in [-0.2, 0) is 9.84 Å². The van der Waals surface area contributed by atoms with Crippen LogP contribution in [0.25, 0.3) is 0 Å². The molecule has 31 heavy (non-hydrogen) atoms. The third kappa shape index (κ3) is 5.02. The van der Waals surface area contributed by atoms with E-state index < -0.39 is 9.84 Å². The number of aromatic nitrogens is 3. The van der Waals surface area contributed by atoms with Crippen LogP contribution in [0.2, 0.25) is 0 Å². The zero-order valence-corrected chi connectivity index (χ0v) is 20.0. The first-order valence-corrected chi connectivity index (χ1v) is 13.6. The molecule has 1 aromatic carbocycles. The molecule has 10 heteroatoms. The molecule has 1 aliphatic rings. The van der Waals surface area contributed by atoms with E-state index in [0.717, 1.165) is 21.4 Å². The second kappa shape index (κ2) is 8.76. The smallest absolute Gasteiger partial charge is 0.210 e. The highest BCUT2D eigenvalue weighted by Gasteiger charge is 2.31. The summed E-state index contributed by atoms with van der Waals surface area (Å²) in [5, 5.41) is 12.2. The monoisotopic (exact) mass is 476 g/mol. The van der Waals surface area contributed by atoms with Gasteiger partial charge in [-0.3, -0.25) is 4.79 Å². The van der Waals surface area contributed by atoms with Gasteiger partial charge in [-0.05, 0) is 45.4 Å². The second-order valence-electron chi connectivity index (χ2n) is 7.79. The van der Waals surface area contributed by atoms with Gasteiger partial charge < -0.3 is 9.88 Å². The Balaban J connectivity index is 1.40. The molecule has 1 N–H and O–H groups in total. The van der Waals surface area contributed by atoms with E-state index in [-0.39, 0.29) is 29.1 Å². The zero-order valence-electron chi connectivity index (χ0n) is 17.6. The van der Waals surface area contributed by atoms with Gasteiger partial charge in [0.15, 0.2) is 20.0 Å². The van der Waals surface area contributed by atoms with E-state index in [9.17, 15) is 13.2 Å². The molecular weight excluding hydrogens is 452 g/mol. The number of benzene rings is 1. The number of carbonyl (C=O) groups excluding carboxylic acids is 1. The predicted molar refractivity (Wildman–Crippen MR) is 126 cm³/mol. The largest absolute Gasteiger partial charge is 0.344 e. The van der Waals surface area contributed by atoms with Crippen molar-refractivity contribution in [3.63, 3.8) is 0 Å². The maximum atomic E-state index is 12.9. The number of hydrogen-bond acceptors (Lipinski definition) is 8. The Morgan fingerprint density at radius 1 is 1.23 bits per heavy atom. The second-order valence-corrected chi connectivity index (χ2v) is 12.2. The van der Waals surface area contributed by atoms with E-state index >= 15 is 0 Å². The minimum Gasteiger partial charge on any atom is -0.344 e. The van der Waals surface area contributed by atoms with E-state index in [2.05, 4.69) is 15.5 Å². The minimum absolute atomic E-state index is 0.00782. The molecule has 164 valence electrons. The molecule has 0 aliphatic carbocycles. The van der Waals surface area contributed by atoms with Crippen molar-refractivity contribution in [2.24, 2.45) is 0 Å². The minimum atomic E-state index is -2.99. The summed E-state index contributed by atoms with van der Waals surface area (Å²) < 4.78 is 26.5. The van der Waals surface area contributed by atoms with Crippen LogP contribution in [0.1, 0.15) is 39.8 Å². The third-order valence-electron chi connectivity index (χ3n) is 5.39. The third-order valence-corrected chi connectivity index (χ3v) is 9.12. The molecule has 0 spiro atoms. The number of ketones is 1. The van der Waals surface area contributed by atoms with Crippen molar-refractivity contribution in [3.8, 4) is 0 Å². The van der Waals surface area contributed by atoms with Crippen LogP contribution in [0.5, 0.6) is 0 Å². The lowest BCUT2D eigenvalue weighted by molar-refractivity contribution is 0.102. The topological polar surface area (TPSA) is 93.9 Å². The van der Waals surface area contributed by atoms with Crippen molar-refractivity contribution in [2.75, 3.05) is 22.6 Å². The molecule has 3 heterocycles. The SMILES string of the molecule is Cc1ccc(Nc2nnc(SCC(=O)c3cc(C)n([C@@H]4CCS(=O)(=O)C4)c3C)s2)cc1. The fourth-order valence-corrected chi connectivity index (χ4v) is 7.24. The molecular formula is C21H24N4O3S3. The fraction of sp³-hybridized carbons (Fsp3) is 0.381. The maximum Gasteiger partial charge on any atom is 0.210 e. The van der Waals surface area contributed by atoms with Gasteiger partial charge in [0.1, 0.15) is 0 Å². The van der Waals surface area contributed by atoms with Crippen LogP contribution in [-0.4, -0.2) is 46.2 Å². The number of thioether (sulfide) groups is 1. The standard InChI is InChI=1S/C21H24N4O3S3/c1-13-4-6-16(7-5-13)22-20-23-24-21(30-20)29-11-19(26)18-10-14(2)25(15(18)3)17-8-9-31(27,28)12-17/h4-7,10,17H,8-9,11-12H2,1-3H3,(H,22,23)/t17-/m1/s1. The summed E-state index contributed by atoms with van der Waals surface area (Å²) >= 11 is 2.77. The fourth-order valence-electron chi connectivity index (χ4n) is 3.88. The number of aryl methyl sites for hydroxylation is 2. The lowest BCUT2D eigenvalue weighted by Gasteiger charge is -2.16. The van der Waals surface area contributed by atoms with E-state index in [1.54, 1.807) is 0 Å². The Hall–Kier alpha value is -2.17. The number of nitrogens with one attached hydrogen (secondary N) is 1. The normalized spacial score (nSPS) is 17.7. The first kappa shape index (κ1) is 22.0. The van der Waals surface area contributed by atoms with E-state index in [1.165, 1.54) is 28.7 Å². The van der Waals surface area contributed by atoms with Gasteiger partial charge in [-0.2, -0.15) is 0 Å². The lowest BCUT2D eigenvalue weighted by atomic mass is 10.2. The molecule has 0 amide bonds. The Morgan fingerprint density at radius 2 is 1.97 bits per heavy atom. The van der Waals surface area contributed by atoms with Gasteiger partial charge in [0.05, 0.1) is 17.3 Å². The lowest BCUT2D eigenvalue weighted by Crippen LogP contribution is -2.14. The number of sulfone groups is 1. The van der Waals surface area contributed by atoms with Crippen molar-refractivity contribution in [1.29, 1.82) is 0 Å². The van der Waals surface area contributed by atoms with Gasteiger partial charge in [-0.1, -0.05) is 40.8 Å². The van der Waals surface area contributed by atoms with Gasteiger partial charge in [-0.15, -0.1) is 10.2 Å². The molecule has 0 radical (unpaired) electrons. The number of Topliss-reactive ketones (excluding diaryl/α,β-unsaturated/α-hetero) is 1. The van der Waals surface area contributed by atoms with Crippen LogP contribution >= 0.6 is 23.1 Å². The average molecular weight is 477 g/mol. The highest BCUT2D eigenvalue weighted by molar-refractivity contribution is 8.01. The van der Waals surface area contributed by atoms with Crippen molar-refractivity contribution >= 4 is 49.5 Å². The van der Waals surface area contributed by atoms with Gasteiger partial charge in [0.25, 0.3) is 0 Å². The molecule has 7 nitrogen and oxygen atoms in total. The Morgan fingerprint density at radius 3 is 2.65 bits per heavy atom. The Bertz CT molecular complexity index is 1210. The Labute approximate surface area is 190 Å². The molecule has 1 atom stereocenters. The summed E-state index contributed by atoms with van der Waals surface area (Å²) in [6.07, 6.45) is 0.600. The summed E-state index contributed by atoms with van der Waals surface area (Å²) in [5.41, 5.74) is 4.54. The number of carbonyl (C=O) groups is 1. The molecule has 0 bridgehead atoms. The molecule has 2 aromatic heterocycles. The number of nitrogens with zero attached hydrogens (tertiary/aromatic N) is 3. The Kier molecular flexibility index (Phi) is 6.23. The summed E-state index contributed by atoms with van der Waals surface area (Å²) in [6, 6.07) is 9.80. The van der Waals surface area contributed by atoms with Gasteiger partial charge in [0, 0.05) is 28.7 Å². The van der Waals surface area contributed by atoms with Gasteiger partial charge in [0.2, 0.25) is 5.13 Å². The van der Waals surface area contributed by atoms with Crippen molar-refractivity contribution in [2.45, 2.75) is 37.6 Å². The first-order valence-electron chi connectivity index (χ1n) is 9.94. The van der Waals surface area contributed by atoms with Gasteiger partial charge >= 0.3 is 0 Å². The van der Waals surface area contributed by atoms with E-state index in [4.69, 9.17) is 0 Å². The molecule has 4 rings (SSSR count). The molecule has 0 unspecified atom stereocenters. The number of hydrogen-bond donors (Lipinski definition) is 1. The summed E-state index contributed by atoms with van der Waals surface area (Å²) in [6.45, 7) is 5.85. The van der Waals surface area contributed by atoms with Crippen molar-refractivity contribution in [1.82, 2.24) is 14.8 Å². The molecule has 1 fully saturated rings. The predicted octanol–water partition coefficient (Wildman–Crippen LogP) is 4.34.